The van der Waals surface area contributed by atoms with E-state index in [1.807, 2.05) is 52.8 Å². The van der Waals surface area contributed by atoms with Crippen molar-refractivity contribution in [1.29, 1.82) is 0 Å². The number of piperidine rings is 1. The lowest BCUT2D eigenvalue weighted by Gasteiger charge is -2.38. The van der Waals surface area contributed by atoms with Crippen molar-refractivity contribution in [3.63, 3.8) is 0 Å². The number of benzene rings is 2. The second-order valence-electron chi connectivity index (χ2n) is 5.97. The highest BCUT2D eigenvalue weighted by atomic mass is 32.2. The molecule has 23 heavy (non-hydrogen) atoms. The van der Waals surface area contributed by atoms with E-state index in [2.05, 4.69) is 12.1 Å². The predicted octanol–water partition coefficient (Wildman–Crippen LogP) is 3.75. The van der Waals surface area contributed by atoms with Crippen molar-refractivity contribution >= 4 is 16.8 Å². The molecule has 3 atom stereocenters. The molecule has 2 aromatic carbocycles. The van der Waals surface area contributed by atoms with E-state index in [1.54, 1.807) is 6.92 Å². The molecule has 0 aromatic heterocycles. The number of nitrogens with zero attached hydrogens (tertiary/aromatic N) is 1. The Hall–Kier alpha value is -1.78. The van der Waals surface area contributed by atoms with E-state index in [0.717, 1.165) is 17.7 Å². The van der Waals surface area contributed by atoms with Crippen LogP contribution in [0.5, 0.6) is 0 Å². The number of rotatable bonds is 4. The monoisotopic (exact) mass is 327 g/mol. The summed E-state index contributed by atoms with van der Waals surface area (Å²) in [6.45, 7) is 2.19. The van der Waals surface area contributed by atoms with Crippen molar-refractivity contribution < 1.29 is 9.00 Å². The minimum Gasteiger partial charge on any atom is -0.300 e. The Morgan fingerprint density at radius 1 is 1.00 bits per heavy atom. The second kappa shape index (κ2) is 7.20. The maximum atomic E-state index is 13.1. The van der Waals surface area contributed by atoms with Gasteiger partial charge in [-0.3, -0.25) is 4.79 Å². The summed E-state index contributed by atoms with van der Waals surface area (Å²) in [7, 11) is -1.26. The number of hydrogen-bond donors (Lipinski definition) is 0. The van der Waals surface area contributed by atoms with Crippen LogP contribution in [0, 0.1) is 5.92 Å². The van der Waals surface area contributed by atoms with Gasteiger partial charge in [0.15, 0.2) is 0 Å². The van der Waals surface area contributed by atoms with Gasteiger partial charge < -0.3 is 0 Å². The van der Waals surface area contributed by atoms with Crippen LogP contribution in [0.25, 0.3) is 0 Å². The van der Waals surface area contributed by atoms with Gasteiger partial charge in [0.05, 0.1) is 4.90 Å². The molecule has 1 fully saturated rings. The summed E-state index contributed by atoms with van der Waals surface area (Å²) in [5.41, 5.74) is 1.17. The highest BCUT2D eigenvalue weighted by Gasteiger charge is 2.34. The summed E-state index contributed by atoms with van der Waals surface area (Å²) in [4.78, 5) is 12.6. The molecule has 1 heterocycles. The van der Waals surface area contributed by atoms with Crippen LogP contribution in [-0.2, 0) is 15.8 Å². The number of carbonyl (C=O) groups is 1. The molecule has 2 aromatic rings. The van der Waals surface area contributed by atoms with Crippen LogP contribution in [0.4, 0.5) is 0 Å². The van der Waals surface area contributed by atoms with E-state index < -0.39 is 11.0 Å². The first-order valence-corrected chi connectivity index (χ1v) is 9.06. The number of carbonyl (C=O) groups excluding carboxylic acids is 1. The zero-order chi connectivity index (χ0) is 16.2. The van der Waals surface area contributed by atoms with Gasteiger partial charge in [0.1, 0.15) is 16.8 Å². The standard InChI is InChI=1S/C19H21NO2S/c1-15(21)17-12-13-19(16-8-4-2-5-9-16)20(14-17)23(22)18-10-6-3-7-11-18/h2-11,17,19H,12-14H2,1H3/t17-,19-,23?/m1/s1. The first-order valence-electron chi connectivity index (χ1n) is 7.96. The van der Waals surface area contributed by atoms with Gasteiger partial charge in [0, 0.05) is 18.5 Å². The Bertz CT molecular complexity index is 687. The minimum atomic E-state index is -1.26. The zero-order valence-electron chi connectivity index (χ0n) is 13.2. The van der Waals surface area contributed by atoms with Gasteiger partial charge in [-0.25, -0.2) is 8.51 Å². The molecule has 3 rings (SSSR count). The average Bonchev–Trinajstić information content (AvgIpc) is 2.62. The van der Waals surface area contributed by atoms with Crippen LogP contribution in [-0.4, -0.2) is 20.8 Å². The van der Waals surface area contributed by atoms with Crippen molar-refractivity contribution in [3.05, 3.63) is 66.2 Å². The van der Waals surface area contributed by atoms with Crippen molar-refractivity contribution in [3.8, 4) is 0 Å². The largest absolute Gasteiger partial charge is 0.300 e. The minimum absolute atomic E-state index is 0.0253. The lowest BCUT2D eigenvalue weighted by Crippen LogP contribution is -2.41. The van der Waals surface area contributed by atoms with E-state index in [0.29, 0.717) is 6.54 Å². The van der Waals surface area contributed by atoms with Crippen molar-refractivity contribution in [2.24, 2.45) is 5.92 Å². The molecule has 0 saturated carbocycles. The molecule has 0 bridgehead atoms. The summed E-state index contributed by atoms with van der Waals surface area (Å²) >= 11 is 0. The van der Waals surface area contributed by atoms with Gasteiger partial charge in [0.2, 0.25) is 0 Å². The van der Waals surface area contributed by atoms with Crippen LogP contribution in [0.2, 0.25) is 0 Å². The third-order valence-corrected chi connectivity index (χ3v) is 5.96. The second-order valence-corrected chi connectivity index (χ2v) is 7.41. The molecule has 1 aliphatic rings. The van der Waals surface area contributed by atoms with Gasteiger partial charge in [0.25, 0.3) is 0 Å². The van der Waals surface area contributed by atoms with Gasteiger partial charge in [-0.05, 0) is 37.5 Å². The molecule has 1 saturated heterocycles. The molecule has 0 spiro atoms. The summed E-state index contributed by atoms with van der Waals surface area (Å²) < 4.78 is 15.1. The van der Waals surface area contributed by atoms with Crippen LogP contribution < -0.4 is 0 Å². The topological polar surface area (TPSA) is 37.4 Å². The van der Waals surface area contributed by atoms with Crippen molar-refractivity contribution in [2.45, 2.75) is 30.7 Å². The lowest BCUT2D eigenvalue weighted by atomic mass is 9.89. The molecule has 120 valence electrons. The van der Waals surface area contributed by atoms with Crippen LogP contribution >= 0.6 is 0 Å². The molecular formula is C19H21NO2S. The normalized spacial score (nSPS) is 23.3. The lowest BCUT2D eigenvalue weighted by molar-refractivity contribution is -0.122. The summed E-state index contributed by atoms with van der Waals surface area (Å²) in [6.07, 6.45) is 1.71. The summed E-state index contributed by atoms with van der Waals surface area (Å²) in [5.74, 6) is 0.161. The molecule has 0 N–H and O–H groups in total. The molecule has 4 heteroatoms. The van der Waals surface area contributed by atoms with E-state index in [1.165, 1.54) is 5.56 Å². The maximum absolute atomic E-state index is 13.1. The molecule has 0 aliphatic carbocycles. The molecule has 0 amide bonds. The third kappa shape index (κ3) is 3.59. The number of hydrogen-bond acceptors (Lipinski definition) is 2. The van der Waals surface area contributed by atoms with Gasteiger partial charge in [-0.1, -0.05) is 48.5 Å². The molecular weight excluding hydrogens is 306 g/mol. The summed E-state index contributed by atoms with van der Waals surface area (Å²) in [6, 6.07) is 19.7. The number of Topliss-reactive ketones (excluding diaryl/α,β-unsaturated/α-hetero) is 1. The Labute approximate surface area is 139 Å². The first-order chi connectivity index (χ1) is 11.2. The van der Waals surface area contributed by atoms with E-state index in [-0.39, 0.29) is 17.7 Å². The van der Waals surface area contributed by atoms with Crippen molar-refractivity contribution in [1.82, 2.24) is 4.31 Å². The van der Waals surface area contributed by atoms with Crippen molar-refractivity contribution in [2.75, 3.05) is 6.54 Å². The van der Waals surface area contributed by atoms with E-state index >= 15 is 0 Å². The predicted molar refractivity (Wildman–Crippen MR) is 92.1 cm³/mol. The Kier molecular flexibility index (Phi) is 5.03. The highest BCUT2D eigenvalue weighted by molar-refractivity contribution is 7.82. The van der Waals surface area contributed by atoms with Crippen LogP contribution in [0.15, 0.2) is 65.6 Å². The molecule has 3 nitrogen and oxygen atoms in total. The van der Waals surface area contributed by atoms with Gasteiger partial charge >= 0.3 is 0 Å². The molecule has 1 unspecified atom stereocenters. The fourth-order valence-corrected chi connectivity index (χ4v) is 4.57. The first kappa shape index (κ1) is 16.1. The Morgan fingerprint density at radius 2 is 1.61 bits per heavy atom. The fourth-order valence-electron chi connectivity index (χ4n) is 3.13. The van der Waals surface area contributed by atoms with E-state index in [9.17, 15) is 9.00 Å². The third-order valence-electron chi connectivity index (χ3n) is 4.45. The van der Waals surface area contributed by atoms with Gasteiger partial charge in [-0.15, -0.1) is 0 Å². The molecule has 0 radical (unpaired) electrons. The SMILES string of the molecule is CC(=O)[C@@H]1CC[C@H](c2ccccc2)N(S(=O)c2ccccc2)C1. The van der Waals surface area contributed by atoms with E-state index in [4.69, 9.17) is 0 Å². The van der Waals surface area contributed by atoms with Gasteiger partial charge in [-0.2, -0.15) is 0 Å². The smallest absolute Gasteiger partial charge is 0.134 e. The van der Waals surface area contributed by atoms with Crippen LogP contribution in [0.1, 0.15) is 31.4 Å². The quantitative estimate of drug-likeness (QED) is 0.857. The van der Waals surface area contributed by atoms with Crippen LogP contribution in [0.3, 0.4) is 0 Å². The maximum Gasteiger partial charge on any atom is 0.134 e. The highest BCUT2D eigenvalue weighted by Crippen LogP contribution is 2.36. The Morgan fingerprint density at radius 3 is 2.22 bits per heavy atom. The number of ketones is 1. The zero-order valence-corrected chi connectivity index (χ0v) is 14.0. The fraction of sp³-hybridized carbons (Fsp3) is 0.316. The Balaban J connectivity index is 1.92. The average molecular weight is 327 g/mol. The molecule has 1 aliphatic heterocycles. The summed E-state index contributed by atoms with van der Waals surface area (Å²) in [5, 5.41) is 0.